The summed E-state index contributed by atoms with van der Waals surface area (Å²) in [6, 6.07) is 14.4. The molecule has 0 heterocycles. The van der Waals surface area contributed by atoms with Crippen LogP contribution < -0.4 is 4.74 Å². The predicted molar refractivity (Wildman–Crippen MR) is 104 cm³/mol. The fraction of sp³-hybridized carbons (Fsp3) is 0.273. The van der Waals surface area contributed by atoms with Crippen molar-refractivity contribution in [2.75, 3.05) is 13.2 Å². The minimum atomic E-state index is -0.961. The molecule has 0 bridgehead atoms. The molecule has 0 aromatic heterocycles. The zero-order chi connectivity index (χ0) is 19.5. The van der Waals surface area contributed by atoms with Crippen LogP contribution in [0.4, 0.5) is 0 Å². The molecule has 0 amide bonds. The van der Waals surface area contributed by atoms with E-state index >= 15 is 0 Å². The highest BCUT2D eigenvalue weighted by Gasteiger charge is 2.12. The van der Waals surface area contributed by atoms with Crippen molar-refractivity contribution in [1.82, 2.24) is 0 Å². The van der Waals surface area contributed by atoms with Gasteiger partial charge in [-0.2, -0.15) is 0 Å². The number of carboxylic acids is 1. The Balaban J connectivity index is 1.82. The van der Waals surface area contributed by atoms with Crippen molar-refractivity contribution in [1.29, 1.82) is 0 Å². The van der Waals surface area contributed by atoms with Crippen LogP contribution in [0, 0.1) is 0 Å². The van der Waals surface area contributed by atoms with Gasteiger partial charge in [0.1, 0.15) is 5.75 Å². The molecule has 0 radical (unpaired) electrons. The highest BCUT2D eigenvalue weighted by molar-refractivity contribution is 5.96. The number of unbranched alkanes of at least 4 members (excludes halogenated alkanes) is 3. The molecule has 27 heavy (non-hydrogen) atoms. The molecule has 0 fully saturated rings. The van der Waals surface area contributed by atoms with Crippen molar-refractivity contribution in [3.05, 3.63) is 66.7 Å². The average Bonchev–Trinajstić information content (AvgIpc) is 2.70. The van der Waals surface area contributed by atoms with Crippen LogP contribution in [0.5, 0.6) is 5.75 Å². The van der Waals surface area contributed by atoms with Gasteiger partial charge in [0.2, 0.25) is 0 Å². The maximum atomic E-state index is 11.5. The normalized spacial score (nSPS) is 10.2. The van der Waals surface area contributed by atoms with Gasteiger partial charge in [-0.05, 0) is 55.0 Å². The van der Waals surface area contributed by atoms with Crippen molar-refractivity contribution in [3.8, 4) is 16.9 Å². The van der Waals surface area contributed by atoms with E-state index in [0.717, 1.165) is 37.3 Å². The number of hydrogen-bond donors (Lipinski definition) is 1. The fourth-order valence-electron chi connectivity index (χ4n) is 2.64. The summed E-state index contributed by atoms with van der Waals surface area (Å²) >= 11 is 0. The van der Waals surface area contributed by atoms with Crippen LogP contribution in [0.25, 0.3) is 11.1 Å². The van der Waals surface area contributed by atoms with Crippen LogP contribution in [0.15, 0.2) is 61.2 Å². The smallest absolute Gasteiger partial charge is 0.336 e. The van der Waals surface area contributed by atoms with Crippen LogP contribution in [0.2, 0.25) is 0 Å². The van der Waals surface area contributed by atoms with Gasteiger partial charge in [0.05, 0.1) is 18.8 Å². The topological polar surface area (TPSA) is 72.8 Å². The lowest BCUT2D eigenvalue weighted by atomic mass is 9.99. The number of carboxylic acid groups (broad SMARTS) is 1. The van der Waals surface area contributed by atoms with E-state index in [0.29, 0.717) is 24.5 Å². The van der Waals surface area contributed by atoms with E-state index in [-0.39, 0.29) is 5.56 Å². The lowest BCUT2D eigenvalue weighted by molar-refractivity contribution is -0.137. The molecule has 2 rings (SSSR count). The third-order valence-electron chi connectivity index (χ3n) is 4.02. The molecule has 0 saturated carbocycles. The van der Waals surface area contributed by atoms with E-state index in [1.807, 2.05) is 30.3 Å². The molecule has 142 valence electrons. The maximum absolute atomic E-state index is 11.5. The van der Waals surface area contributed by atoms with Crippen LogP contribution >= 0.6 is 0 Å². The fourth-order valence-corrected chi connectivity index (χ4v) is 2.64. The number of carbonyl (C=O) groups is 2. The second-order valence-corrected chi connectivity index (χ2v) is 6.01. The first-order valence-electron chi connectivity index (χ1n) is 8.96. The molecule has 0 aliphatic rings. The molecule has 0 unspecified atom stereocenters. The Morgan fingerprint density at radius 2 is 1.67 bits per heavy atom. The van der Waals surface area contributed by atoms with E-state index in [2.05, 4.69) is 6.58 Å². The molecule has 2 aromatic carbocycles. The third-order valence-corrected chi connectivity index (χ3v) is 4.02. The van der Waals surface area contributed by atoms with Crippen molar-refractivity contribution in [2.24, 2.45) is 0 Å². The van der Waals surface area contributed by atoms with Gasteiger partial charge >= 0.3 is 11.9 Å². The van der Waals surface area contributed by atoms with Crippen LogP contribution in [-0.2, 0) is 9.53 Å². The molecule has 0 aliphatic carbocycles. The quantitative estimate of drug-likeness (QED) is 0.353. The minimum Gasteiger partial charge on any atom is -0.494 e. The molecule has 1 N–H and O–H groups in total. The zero-order valence-electron chi connectivity index (χ0n) is 15.2. The van der Waals surface area contributed by atoms with E-state index in [4.69, 9.17) is 9.47 Å². The number of carbonyl (C=O) groups excluding carboxylic acids is 1. The van der Waals surface area contributed by atoms with Crippen LogP contribution in [0.3, 0.4) is 0 Å². The van der Waals surface area contributed by atoms with E-state index in [9.17, 15) is 14.7 Å². The number of ether oxygens (including phenoxy) is 2. The summed E-state index contributed by atoms with van der Waals surface area (Å²) in [4.78, 5) is 22.4. The molecule has 0 aliphatic heterocycles. The molecule has 2 aromatic rings. The Morgan fingerprint density at radius 1 is 0.963 bits per heavy atom. The highest BCUT2D eigenvalue weighted by atomic mass is 16.5. The largest absolute Gasteiger partial charge is 0.494 e. The van der Waals surface area contributed by atoms with Crippen molar-refractivity contribution in [3.63, 3.8) is 0 Å². The van der Waals surface area contributed by atoms with E-state index in [1.165, 1.54) is 0 Å². The molecule has 5 nitrogen and oxygen atoms in total. The van der Waals surface area contributed by atoms with Crippen molar-refractivity contribution < 1.29 is 24.2 Å². The van der Waals surface area contributed by atoms with Crippen molar-refractivity contribution in [2.45, 2.75) is 25.7 Å². The molecule has 0 atom stereocenters. The van der Waals surface area contributed by atoms with Gasteiger partial charge in [-0.3, -0.25) is 0 Å². The summed E-state index contributed by atoms with van der Waals surface area (Å²) in [6.07, 6.45) is 4.75. The Hall–Kier alpha value is -3.08. The summed E-state index contributed by atoms with van der Waals surface area (Å²) in [5, 5.41) is 9.41. The van der Waals surface area contributed by atoms with E-state index in [1.54, 1.807) is 18.2 Å². The minimum absolute atomic E-state index is 0.252. The average molecular weight is 368 g/mol. The van der Waals surface area contributed by atoms with Gasteiger partial charge in [0.15, 0.2) is 0 Å². The Kier molecular flexibility index (Phi) is 8.10. The lowest BCUT2D eigenvalue weighted by Gasteiger charge is -2.11. The van der Waals surface area contributed by atoms with Gasteiger partial charge in [-0.15, -0.1) is 0 Å². The monoisotopic (exact) mass is 368 g/mol. The number of hydrogen-bond acceptors (Lipinski definition) is 4. The number of benzene rings is 2. The summed E-state index contributed by atoms with van der Waals surface area (Å²) in [5.41, 5.74) is 1.74. The predicted octanol–water partition coefficient (Wildman–Crippen LogP) is 4.72. The summed E-state index contributed by atoms with van der Waals surface area (Å²) < 4.78 is 10.7. The van der Waals surface area contributed by atoms with Gasteiger partial charge in [-0.25, -0.2) is 9.59 Å². The first-order valence-corrected chi connectivity index (χ1v) is 8.96. The van der Waals surface area contributed by atoms with Crippen LogP contribution in [0.1, 0.15) is 36.0 Å². The van der Waals surface area contributed by atoms with Gasteiger partial charge in [0.25, 0.3) is 0 Å². The van der Waals surface area contributed by atoms with Gasteiger partial charge in [-0.1, -0.05) is 36.9 Å². The van der Waals surface area contributed by atoms with Crippen LogP contribution in [-0.4, -0.2) is 30.3 Å². The number of esters is 1. The Bertz CT molecular complexity index is 768. The standard InChI is InChI=1S/C22H24O5/c1-2-21(23)27-15-9-4-3-8-14-26-18-12-13-19(22(24)25)20(16-18)17-10-6-5-7-11-17/h2,5-7,10-13,16H,1,3-4,8-9,14-15H2,(H,24,25). The number of aromatic carboxylic acids is 1. The highest BCUT2D eigenvalue weighted by Crippen LogP contribution is 2.28. The second kappa shape index (κ2) is 10.8. The van der Waals surface area contributed by atoms with E-state index < -0.39 is 11.9 Å². The number of rotatable bonds is 11. The second-order valence-electron chi connectivity index (χ2n) is 6.01. The van der Waals surface area contributed by atoms with Gasteiger partial charge < -0.3 is 14.6 Å². The first-order chi connectivity index (χ1) is 13.1. The summed E-state index contributed by atoms with van der Waals surface area (Å²) in [5.74, 6) is -0.700. The molecular formula is C22H24O5. The SMILES string of the molecule is C=CC(=O)OCCCCCCOc1ccc(C(=O)O)c(-c2ccccc2)c1. The Morgan fingerprint density at radius 3 is 2.33 bits per heavy atom. The summed E-state index contributed by atoms with van der Waals surface area (Å²) in [6.45, 7) is 4.30. The maximum Gasteiger partial charge on any atom is 0.336 e. The summed E-state index contributed by atoms with van der Waals surface area (Å²) in [7, 11) is 0. The Labute approximate surface area is 159 Å². The molecule has 5 heteroatoms. The molecule has 0 spiro atoms. The first kappa shape index (κ1) is 20.2. The lowest BCUT2D eigenvalue weighted by Crippen LogP contribution is -2.03. The molecular weight excluding hydrogens is 344 g/mol. The molecule has 0 saturated heterocycles. The van der Waals surface area contributed by atoms with Crippen molar-refractivity contribution >= 4 is 11.9 Å². The third kappa shape index (κ3) is 6.62. The zero-order valence-corrected chi connectivity index (χ0v) is 15.2. The van der Waals surface area contributed by atoms with Gasteiger partial charge in [0, 0.05) is 6.08 Å².